The minimum absolute atomic E-state index is 0.207. The van der Waals surface area contributed by atoms with Gasteiger partial charge in [-0.15, -0.1) is 0 Å². The number of methoxy groups -OCH3 is 1. The highest BCUT2D eigenvalue weighted by Crippen LogP contribution is 2.44. The van der Waals surface area contributed by atoms with Crippen molar-refractivity contribution >= 4 is 22.8 Å². The molecule has 1 aliphatic carbocycles. The number of aromatic nitrogens is 2. The number of allylic oxidation sites excluding steroid dienone is 2. The normalized spacial score (nSPS) is 19.1. The maximum atomic E-state index is 12.9. The number of fused-ring (bicyclic) bond motifs is 3. The van der Waals surface area contributed by atoms with E-state index in [0.29, 0.717) is 6.42 Å². The first-order valence-electron chi connectivity index (χ1n) is 8.91. The summed E-state index contributed by atoms with van der Waals surface area (Å²) in [5, 5.41) is 3.43. The second kappa shape index (κ2) is 5.73. The molecule has 3 aromatic rings. The number of nitrogens with zero attached hydrogens (tertiary/aromatic N) is 2. The van der Waals surface area contributed by atoms with Gasteiger partial charge in [-0.25, -0.2) is 4.98 Å². The van der Waals surface area contributed by atoms with E-state index < -0.39 is 0 Å². The number of carbonyl (C=O) groups is 1. The molecular weight excluding hydrogens is 326 g/mol. The van der Waals surface area contributed by atoms with Gasteiger partial charge in [-0.05, 0) is 31.0 Å². The van der Waals surface area contributed by atoms with Crippen molar-refractivity contribution in [3.63, 3.8) is 0 Å². The molecule has 0 saturated carbocycles. The van der Waals surface area contributed by atoms with Crippen LogP contribution in [0.5, 0.6) is 5.75 Å². The van der Waals surface area contributed by atoms with E-state index in [1.54, 1.807) is 7.11 Å². The van der Waals surface area contributed by atoms with E-state index in [9.17, 15) is 4.79 Å². The lowest BCUT2D eigenvalue weighted by Crippen LogP contribution is -2.31. The lowest BCUT2D eigenvalue weighted by molar-refractivity contribution is -0.116. The third-order valence-electron chi connectivity index (χ3n) is 5.28. The van der Waals surface area contributed by atoms with Crippen molar-refractivity contribution in [2.75, 3.05) is 12.4 Å². The first-order chi connectivity index (χ1) is 12.8. The highest BCUT2D eigenvalue weighted by molar-refractivity contribution is 6.00. The molecule has 0 bridgehead atoms. The van der Waals surface area contributed by atoms with Gasteiger partial charge in [-0.3, -0.25) is 9.36 Å². The van der Waals surface area contributed by atoms with Gasteiger partial charge in [-0.2, -0.15) is 0 Å². The minimum atomic E-state index is -0.224. The third-order valence-corrected chi connectivity index (χ3v) is 5.28. The molecule has 2 heterocycles. The van der Waals surface area contributed by atoms with Crippen molar-refractivity contribution in [2.24, 2.45) is 0 Å². The minimum Gasteiger partial charge on any atom is -0.496 e. The van der Waals surface area contributed by atoms with Gasteiger partial charge in [0.1, 0.15) is 5.75 Å². The highest BCUT2D eigenvalue weighted by atomic mass is 16.5. The topological polar surface area (TPSA) is 56.1 Å². The van der Waals surface area contributed by atoms with Gasteiger partial charge in [0.05, 0.1) is 24.2 Å². The number of benzene rings is 2. The molecule has 0 amide bonds. The second-order valence-electron chi connectivity index (χ2n) is 6.73. The molecule has 2 aliphatic rings. The predicted octanol–water partition coefficient (Wildman–Crippen LogP) is 4.07. The van der Waals surface area contributed by atoms with Crippen molar-refractivity contribution in [1.29, 1.82) is 0 Å². The Morgan fingerprint density at radius 3 is 2.81 bits per heavy atom. The number of anilines is 1. The summed E-state index contributed by atoms with van der Waals surface area (Å²) >= 11 is 0. The molecule has 1 aromatic heterocycles. The molecule has 26 heavy (non-hydrogen) atoms. The Bertz CT molecular complexity index is 1060. The van der Waals surface area contributed by atoms with Gasteiger partial charge < -0.3 is 10.1 Å². The second-order valence-corrected chi connectivity index (χ2v) is 6.73. The van der Waals surface area contributed by atoms with Crippen LogP contribution in [0.15, 0.2) is 59.8 Å². The van der Waals surface area contributed by atoms with E-state index in [1.165, 1.54) is 0 Å². The van der Waals surface area contributed by atoms with Gasteiger partial charge in [0.25, 0.3) is 0 Å². The van der Waals surface area contributed by atoms with E-state index in [4.69, 9.17) is 9.72 Å². The molecule has 5 nitrogen and oxygen atoms in total. The van der Waals surface area contributed by atoms with Crippen LogP contribution >= 0.6 is 0 Å². The number of carbonyl (C=O) groups excluding carboxylic acids is 1. The lowest BCUT2D eigenvalue weighted by atomic mass is 9.85. The summed E-state index contributed by atoms with van der Waals surface area (Å²) < 4.78 is 7.76. The Balaban J connectivity index is 1.84. The molecule has 1 atom stereocenters. The van der Waals surface area contributed by atoms with Crippen LogP contribution in [0.1, 0.15) is 30.9 Å². The van der Waals surface area contributed by atoms with Gasteiger partial charge >= 0.3 is 0 Å². The Hall–Kier alpha value is -3.08. The van der Waals surface area contributed by atoms with Crippen molar-refractivity contribution in [1.82, 2.24) is 9.55 Å². The van der Waals surface area contributed by atoms with Gasteiger partial charge in [-0.1, -0.05) is 30.3 Å². The number of Topliss-reactive ketones (excluding diaryl/α,β-unsaturated/α-hetero) is 1. The Morgan fingerprint density at radius 2 is 1.92 bits per heavy atom. The zero-order valence-corrected chi connectivity index (χ0v) is 14.5. The molecule has 5 heteroatoms. The fourth-order valence-electron chi connectivity index (χ4n) is 4.16. The molecule has 0 radical (unpaired) electrons. The smallest absolute Gasteiger partial charge is 0.209 e. The Kier molecular flexibility index (Phi) is 3.35. The maximum absolute atomic E-state index is 12.9. The first-order valence-corrected chi connectivity index (χ1v) is 8.91. The summed E-state index contributed by atoms with van der Waals surface area (Å²) in [5.41, 5.74) is 4.76. The molecule has 1 aliphatic heterocycles. The number of nitrogens with one attached hydrogen (secondary N) is 1. The third kappa shape index (κ3) is 2.10. The van der Waals surface area contributed by atoms with E-state index in [2.05, 4.69) is 16.0 Å². The summed E-state index contributed by atoms with van der Waals surface area (Å²) in [5.74, 6) is 1.78. The fraction of sp³-hybridized carbons (Fsp3) is 0.238. The van der Waals surface area contributed by atoms with Crippen molar-refractivity contribution in [2.45, 2.75) is 25.3 Å². The number of imidazole rings is 1. The molecule has 0 fully saturated rings. The van der Waals surface area contributed by atoms with Crippen molar-refractivity contribution < 1.29 is 9.53 Å². The fourth-order valence-corrected chi connectivity index (χ4v) is 4.16. The van der Waals surface area contributed by atoms with Crippen LogP contribution in [-0.2, 0) is 4.79 Å². The molecule has 1 N–H and O–H groups in total. The molecular formula is C21H19N3O2. The number of hydrogen-bond acceptors (Lipinski definition) is 4. The summed E-state index contributed by atoms with van der Waals surface area (Å²) in [7, 11) is 1.67. The van der Waals surface area contributed by atoms with Crippen LogP contribution in [0.25, 0.3) is 11.0 Å². The number of hydrogen-bond donors (Lipinski definition) is 1. The SMILES string of the molecule is COc1ccccc1[C@@H]1C2=C(CCCC2=O)Nc2nc3ccccc3n21. The van der Waals surface area contributed by atoms with E-state index >= 15 is 0 Å². The van der Waals surface area contributed by atoms with Crippen molar-refractivity contribution in [3.05, 3.63) is 65.4 Å². The lowest BCUT2D eigenvalue weighted by Gasteiger charge is -2.34. The summed E-state index contributed by atoms with van der Waals surface area (Å²) in [6.07, 6.45) is 2.34. The predicted molar refractivity (Wildman–Crippen MR) is 100 cm³/mol. The molecule has 130 valence electrons. The summed E-state index contributed by atoms with van der Waals surface area (Å²) in [4.78, 5) is 17.7. The summed E-state index contributed by atoms with van der Waals surface area (Å²) in [6, 6.07) is 15.8. The van der Waals surface area contributed by atoms with Gasteiger partial charge in [0.15, 0.2) is 5.78 Å². The molecule has 5 rings (SSSR count). The zero-order valence-electron chi connectivity index (χ0n) is 14.5. The average molecular weight is 345 g/mol. The largest absolute Gasteiger partial charge is 0.496 e. The van der Waals surface area contributed by atoms with Gasteiger partial charge in [0.2, 0.25) is 5.95 Å². The average Bonchev–Trinajstić information content (AvgIpc) is 3.04. The van der Waals surface area contributed by atoms with E-state index in [-0.39, 0.29) is 11.8 Å². The molecule has 0 unspecified atom stereocenters. The van der Waals surface area contributed by atoms with Crippen molar-refractivity contribution in [3.8, 4) is 5.75 Å². The van der Waals surface area contributed by atoms with Crippen LogP contribution in [0.4, 0.5) is 5.95 Å². The number of ether oxygens (including phenoxy) is 1. The molecule has 2 aromatic carbocycles. The summed E-state index contributed by atoms with van der Waals surface area (Å²) in [6.45, 7) is 0. The highest BCUT2D eigenvalue weighted by Gasteiger charge is 2.37. The van der Waals surface area contributed by atoms with Crippen LogP contribution in [0, 0.1) is 0 Å². The van der Waals surface area contributed by atoms with Crippen LogP contribution in [-0.4, -0.2) is 22.4 Å². The van der Waals surface area contributed by atoms with Crippen LogP contribution in [0.2, 0.25) is 0 Å². The van der Waals surface area contributed by atoms with Crippen LogP contribution < -0.4 is 10.1 Å². The Labute approximate surface area is 151 Å². The zero-order chi connectivity index (χ0) is 17.7. The molecule has 0 spiro atoms. The van der Waals surface area contributed by atoms with E-state index in [0.717, 1.165) is 52.4 Å². The molecule has 0 saturated heterocycles. The monoisotopic (exact) mass is 345 g/mol. The maximum Gasteiger partial charge on any atom is 0.209 e. The van der Waals surface area contributed by atoms with Gasteiger partial charge in [0, 0.05) is 23.3 Å². The number of rotatable bonds is 2. The number of ketones is 1. The van der Waals surface area contributed by atoms with E-state index in [1.807, 2.05) is 42.5 Å². The Morgan fingerprint density at radius 1 is 1.12 bits per heavy atom. The standard InChI is InChI=1S/C21H19N3O2/c1-26-18-12-5-2-7-13(18)20-19-15(9-6-11-17(19)25)23-21-22-14-8-3-4-10-16(14)24(20)21/h2-5,7-8,10,12,20H,6,9,11H2,1H3,(H,22,23)/t20-/m1/s1. The first kappa shape index (κ1) is 15.2. The quantitative estimate of drug-likeness (QED) is 0.761. The van der Waals surface area contributed by atoms with Crippen LogP contribution in [0.3, 0.4) is 0 Å². The number of para-hydroxylation sites is 3.